The molecule has 0 bridgehead atoms. The second-order valence-corrected chi connectivity index (χ2v) is 8.23. The molecule has 0 unspecified atom stereocenters. The lowest BCUT2D eigenvalue weighted by molar-refractivity contribution is -0.121. The van der Waals surface area contributed by atoms with Gasteiger partial charge in [0, 0.05) is 23.6 Å². The van der Waals surface area contributed by atoms with Crippen LogP contribution in [0.25, 0.3) is 11.8 Å². The number of rotatable bonds is 5. The third kappa shape index (κ3) is 3.55. The van der Waals surface area contributed by atoms with Crippen molar-refractivity contribution in [3.63, 3.8) is 0 Å². The minimum Gasteiger partial charge on any atom is -0.478 e. The van der Waals surface area contributed by atoms with Crippen LogP contribution in [0.3, 0.4) is 0 Å². The van der Waals surface area contributed by atoms with Crippen LogP contribution in [-0.2, 0) is 4.79 Å². The minimum atomic E-state index is -0.946. The summed E-state index contributed by atoms with van der Waals surface area (Å²) in [6.45, 7) is 9.92. The minimum absolute atomic E-state index is 0.110. The van der Waals surface area contributed by atoms with Crippen LogP contribution < -0.4 is 0 Å². The van der Waals surface area contributed by atoms with Crippen LogP contribution in [0.1, 0.15) is 32.9 Å². The molecule has 0 aliphatic carbocycles. The smallest absolute Gasteiger partial charge is 0.335 e. The molecule has 0 spiro atoms. The quantitative estimate of drug-likeness (QED) is 0.445. The molecule has 0 radical (unpaired) electrons. The zero-order chi connectivity index (χ0) is 20.6. The molecule has 7 heteroatoms. The van der Waals surface area contributed by atoms with E-state index in [1.807, 2.05) is 39.0 Å². The predicted octanol–water partition coefficient (Wildman–Crippen LogP) is 4.49. The molecule has 2 aromatic rings. The molecule has 0 atom stereocenters. The summed E-state index contributed by atoms with van der Waals surface area (Å²) in [5, 5.41) is 9.18. The van der Waals surface area contributed by atoms with E-state index in [2.05, 4.69) is 11.1 Å². The van der Waals surface area contributed by atoms with Gasteiger partial charge in [0.1, 0.15) is 4.32 Å². The van der Waals surface area contributed by atoms with E-state index in [1.54, 1.807) is 18.2 Å². The number of carboxylic acid groups (broad SMARTS) is 1. The number of hydrogen-bond donors (Lipinski definition) is 1. The van der Waals surface area contributed by atoms with E-state index in [9.17, 15) is 14.7 Å². The molecule has 1 aliphatic rings. The molecule has 1 aromatic carbocycles. The van der Waals surface area contributed by atoms with Gasteiger partial charge >= 0.3 is 5.97 Å². The Balaban J connectivity index is 2.02. The maximum Gasteiger partial charge on any atom is 0.335 e. The molecular formula is C21H20N2O3S2. The third-order valence-corrected chi connectivity index (χ3v) is 6.00. The molecule has 28 heavy (non-hydrogen) atoms. The third-order valence-electron chi connectivity index (χ3n) is 4.63. The van der Waals surface area contributed by atoms with Crippen LogP contribution in [-0.4, -0.2) is 37.3 Å². The van der Waals surface area contributed by atoms with Crippen LogP contribution in [0.15, 0.2) is 41.8 Å². The number of carbonyl (C=O) groups is 2. The maximum absolute atomic E-state index is 12.6. The van der Waals surface area contributed by atoms with Crippen molar-refractivity contribution in [3.05, 3.63) is 69.9 Å². The first-order valence-electron chi connectivity index (χ1n) is 8.64. The number of aromatic carboxylic acids is 1. The topological polar surface area (TPSA) is 62.5 Å². The zero-order valence-electron chi connectivity index (χ0n) is 15.9. The summed E-state index contributed by atoms with van der Waals surface area (Å²) in [6.07, 6.45) is 3.52. The van der Waals surface area contributed by atoms with Crippen molar-refractivity contribution >= 4 is 46.3 Å². The van der Waals surface area contributed by atoms with Gasteiger partial charge in [0.2, 0.25) is 0 Å². The van der Waals surface area contributed by atoms with E-state index in [1.165, 1.54) is 16.7 Å². The average Bonchev–Trinajstić information content (AvgIpc) is 3.05. The lowest BCUT2D eigenvalue weighted by Gasteiger charge is -2.13. The van der Waals surface area contributed by atoms with Gasteiger partial charge in [-0.3, -0.25) is 9.69 Å². The van der Waals surface area contributed by atoms with Gasteiger partial charge in [-0.25, -0.2) is 4.79 Å². The molecular weight excluding hydrogens is 392 g/mol. The number of thioether (sulfide) groups is 1. The summed E-state index contributed by atoms with van der Waals surface area (Å²) >= 11 is 6.58. The summed E-state index contributed by atoms with van der Waals surface area (Å²) in [6, 6.07) is 7.09. The van der Waals surface area contributed by atoms with Gasteiger partial charge in [-0.15, -0.1) is 6.58 Å². The summed E-state index contributed by atoms with van der Waals surface area (Å²) in [4.78, 5) is 25.9. The van der Waals surface area contributed by atoms with Crippen molar-refractivity contribution in [1.29, 1.82) is 0 Å². The van der Waals surface area contributed by atoms with E-state index in [0.29, 0.717) is 15.8 Å². The maximum atomic E-state index is 12.6. The highest BCUT2D eigenvalue weighted by molar-refractivity contribution is 8.26. The highest BCUT2D eigenvalue weighted by atomic mass is 32.2. The zero-order valence-corrected chi connectivity index (χ0v) is 17.5. The fraction of sp³-hybridized carbons (Fsp3) is 0.190. The Labute approximate surface area is 173 Å². The van der Waals surface area contributed by atoms with Crippen molar-refractivity contribution in [2.45, 2.75) is 20.8 Å². The van der Waals surface area contributed by atoms with E-state index < -0.39 is 5.97 Å². The molecule has 1 N–H and O–H groups in total. The first-order valence-corrected chi connectivity index (χ1v) is 9.86. The van der Waals surface area contributed by atoms with Gasteiger partial charge in [0.05, 0.1) is 10.5 Å². The molecule has 1 amide bonds. The van der Waals surface area contributed by atoms with Crippen LogP contribution in [0.5, 0.6) is 0 Å². The summed E-state index contributed by atoms with van der Waals surface area (Å²) in [5.74, 6) is -1.06. The summed E-state index contributed by atoms with van der Waals surface area (Å²) in [5.41, 5.74) is 4.94. The molecule has 5 nitrogen and oxygen atoms in total. The van der Waals surface area contributed by atoms with E-state index in [4.69, 9.17) is 12.2 Å². The monoisotopic (exact) mass is 412 g/mol. The highest BCUT2D eigenvalue weighted by Crippen LogP contribution is 2.34. The second-order valence-electron chi connectivity index (χ2n) is 6.55. The summed E-state index contributed by atoms with van der Waals surface area (Å²) in [7, 11) is 0. The fourth-order valence-corrected chi connectivity index (χ4v) is 4.54. The number of nitrogens with zero attached hydrogens (tertiary/aromatic N) is 2. The molecule has 1 aliphatic heterocycles. The van der Waals surface area contributed by atoms with Gasteiger partial charge < -0.3 is 9.67 Å². The largest absolute Gasteiger partial charge is 0.478 e. The Morgan fingerprint density at radius 3 is 2.61 bits per heavy atom. The lowest BCUT2D eigenvalue weighted by Crippen LogP contribution is -2.27. The number of thiocarbonyl (C=S) groups is 1. The number of amides is 1. The molecule has 144 valence electrons. The molecule has 3 rings (SSSR count). The van der Waals surface area contributed by atoms with Gasteiger partial charge in [-0.1, -0.05) is 30.1 Å². The van der Waals surface area contributed by atoms with Gasteiger partial charge in [-0.05, 0) is 62.2 Å². The molecule has 2 heterocycles. The van der Waals surface area contributed by atoms with Crippen LogP contribution in [0.4, 0.5) is 0 Å². The Morgan fingerprint density at radius 1 is 1.29 bits per heavy atom. The Kier molecular flexibility index (Phi) is 5.58. The van der Waals surface area contributed by atoms with Crippen LogP contribution in [0.2, 0.25) is 0 Å². The van der Waals surface area contributed by atoms with Crippen molar-refractivity contribution in [2.75, 3.05) is 6.54 Å². The van der Waals surface area contributed by atoms with Crippen molar-refractivity contribution in [3.8, 4) is 5.69 Å². The molecule has 1 fully saturated rings. The SMILES string of the molecule is C=CCN1C(=O)/C(=C/c2cc(C)n(-c3ccc(C(=O)O)cc3C)c2C)SC1=S. The Hall–Kier alpha value is -2.64. The summed E-state index contributed by atoms with van der Waals surface area (Å²) < 4.78 is 2.60. The van der Waals surface area contributed by atoms with Crippen LogP contribution >= 0.6 is 24.0 Å². The number of benzene rings is 1. The number of carboxylic acids is 1. The number of hydrogen-bond acceptors (Lipinski definition) is 4. The fourth-order valence-electron chi connectivity index (χ4n) is 3.27. The molecule has 1 saturated heterocycles. The average molecular weight is 413 g/mol. The highest BCUT2D eigenvalue weighted by Gasteiger charge is 2.31. The van der Waals surface area contributed by atoms with Crippen molar-refractivity contribution in [1.82, 2.24) is 9.47 Å². The molecule has 0 saturated carbocycles. The molecule has 1 aromatic heterocycles. The first kappa shape index (κ1) is 20.1. The Bertz CT molecular complexity index is 1050. The van der Waals surface area contributed by atoms with E-state index >= 15 is 0 Å². The first-order chi connectivity index (χ1) is 13.2. The number of aromatic nitrogens is 1. The van der Waals surface area contributed by atoms with Crippen molar-refractivity contribution in [2.24, 2.45) is 0 Å². The van der Waals surface area contributed by atoms with Gasteiger partial charge in [0.25, 0.3) is 5.91 Å². The number of aryl methyl sites for hydroxylation is 2. The van der Waals surface area contributed by atoms with Crippen molar-refractivity contribution < 1.29 is 14.7 Å². The van der Waals surface area contributed by atoms with E-state index in [0.717, 1.165) is 28.2 Å². The predicted molar refractivity (Wildman–Crippen MR) is 117 cm³/mol. The Morgan fingerprint density at radius 2 is 2.00 bits per heavy atom. The van der Waals surface area contributed by atoms with Crippen LogP contribution in [0, 0.1) is 20.8 Å². The van der Waals surface area contributed by atoms with Gasteiger partial charge in [-0.2, -0.15) is 0 Å². The second kappa shape index (κ2) is 7.77. The van der Waals surface area contributed by atoms with Gasteiger partial charge in [0.15, 0.2) is 0 Å². The standard InChI is InChI=1S/C21H20N2O3S2/c1-5-8-22-19(24)18(28-21(22)27)11-16-10-13(3)23(14(16)4)17-7-6-15(20(25)26)9-12(17)2/h5-7,9-11H,1,8H2,2-4H3,(H,25,26)/b18-11-. The van der Waals surface area contributed by atoms with E-state index in [-0.39, 0.29) is 11.5 Å². The lowest BCUT2D eigenvalue weighted by atomic mass is 10.1. The number of carbonyl (C=O) groups excluding carboxylic acids is 1. The normalized spacial score (nSPS) is 15.5.